The molecule has 19 heavy (non-hydrogen) atoms. The fourth-order valence-electron chi connectivity index (χ4n) is 3.63. The number of nitrogens with one attached hydrogen (secondary N) is 1. The van der Waals surface area contributed by atoms with E-state index >= 15 is 0 Å². The molecule has 0 aromatic carbocycles. The summed E-state index contributed by atoms with van der Waals surface area (Å²) in [6, 6.07) is 6.09. The Morgan fingerprint density at radius 2 is 2.16 bits per heavy atom. The van der Waals surface area contributed by atoms with Gasteiger partial charge in [0.2, 0.25) is 0 Å². The van der Waals surface area contributed by atoms with Gasteiger partial charge in [0.1, 0.15) is 0 Å². The number of hydrogen-bond acceptors (Lipinski definition) is 3. The van der Waals surface area contributed by atoms with E-state index in [4.69, 9.17) is 0 Å². The van der Waals surface area contributed by atoms with E-state index in [1.54, 1.807) is 0 Å². The van der Waals surface area contributed by atoms with Crippen LogP contribution in [0, 0.1) is 5.92 Å². The number of rotatable bonds is 5. The van der Waals surface area contributed by atoms with Crippen molar-refractivity contribution in [3.8, 4) is 0 Å². The summed E-state index contributed by atoms with van der Waals surface area (Å²) in [6.45, 7) is 3.33. The number of piperidine rings is 1. The van der Waals surface area contributed by atoms with Crippen LogP contribution in [0.5, 0.6) is 0 Å². The third kappa shape index (κ3) is 2.67. The first-order chi connectivity index (χ1) is 9.37. The van der Waals surface area contributed by atoms with E-state index in [2.05, 4.69) is 33.5 Å². The smallest absolute Gasteiger partial charge is 0.0544 e. The zero-order valence-corrected chi connectivity index (χ0v) is 11.5. The second kappa shape index (κ2) is 4.88. The van der Waals surface area contributed by atoms with Crippen molar-refractivity contribution in [2.75, 3.05) is 6.54 Å². The van der Waals surface area contributed by atoms with Crippen LogP contribution >= 0.6 is 0 Å². The molecule has 1 saturated heterocycles. The van der Waals surface area contributed by atoms with E-state index in [0.29, 0.717) is 0 Å². The van der Waals surface area contributed by atoms with Crippen molar-refractivity contribution in [3.63, 3.8) is 0 Å². The van der Waals surface area contributed by atoms with E-state index in [1.165, 1.54) is 49.9 Å². The molecule has 0 amide bonds. The molecule has 2 aliphatic carbocycles. The van der Waals surface area contributed by atoms with Crippen LogP contribution in [0.1, 0.15) is 43.4 Å². The van der Waals surface area contributed by atoms with Crippen molar-refractivity contribution >= 4 is 0 Å². The fraction of sp³-hybridized carbons (Fsp3) is 0.688. The Labute approximate surface area is 115 Å². The summed E-state index contributed by atoms with van der Waals surface area (Å²) in [6.07, 6.45) is 9.06. The number of aromatic nitrogens is 1. The Hall–Kier alpha value is -0.930. The van der Waals surface area contributed by atoms with E-state index in [1.807, 2.05) is 0 Å². The molecule has 2 heterocycles. The molecule has 1 N–H and O–H groups in total. The number of likely N-dealkylation sites (tertiary alicyclic amines) is 1. The lowest BCUT2D eigenvalue weighted by Gasteiger charge is -2.26. The van der Waals surface area contributed by atoms with Crippen LogP contribution in [-0.2, 0) is 13.1 Å². The van der Waals surface area contributed by atoms with Gasteiger partial charge < -0.3 is 5.32 Å². The lowest BCUT2D eigenvalue weighted by Crippen LogP contribution is -2.31. The molecule has 0 radical (unpaired) electrons. The van der Waals surface area contributed by atoms with E-state index < -0.39 is 0 Å². The summed E-state index contributed by atoms with van der Waals surface area (Å²) in [4.78, 5) is 7.28. The maximum atomic E-state index is 4.64. The molecule has 2 unspecified atom stereocenters. The van der Waals surface area contributed by atoms with E-state index in [9.17, 15) is 0 Å². The van der Waals surface area contributed by atoms with Gasteiger partial charge in [0.15, 0.2) is 0 Å². The van der Waals surface area contributed by atoms with Gasteiger partial charge in [-0.25, -0.2) is 0 Å². The first kappa shape index (κ1) is 11.9. The largest absolute Gasteiger partial charge is 0.310 e. The van der Waals surface area contributed by atoms with Crippen LogP contribution in [-0.4, -0.2) is 28.5 Å². The van der Waals surface area contributed by atoms with Gasteiger partial charge >= 0.3 is 0 Å². The van der Waals surface area contributed by atoms with Gasteiger partial charge in [-0.2, -0.15) is 0 Å². The van der Waals surface area contributed by atoms with E-state index in [0.717, 1.165) is 31.1 Å². The molecule has 2 atom stereocenters. The van der Waals surface area contributed by atoms with Gasteiger partial charge in [0.25, 0.3) is 0 Å². The second-order valence-electron chi connectivity index (χ2n) is 6.58. The van der Waals surface area contributed by atoms with Crippen molar-refractivity contribution in [2.45, 2.75) is 57.3 Å². The molecule has 1 aromatic heterocycles. The molecule has 4 rings (SSSR count). The third-order valence-electron chi connectivity index (χ3n) is 4.95. The summed E-state index contributed by atoms with van der Waals surface area (Å²) in [7, 11) is 0. The molecule has 2 bridgehead atoms. The van der Waals surface area contributed by atoms with Crippen LogP contribution in [0.2, 0.25) is 0 Å². The average Bonchev–Trinajstić information content (AvgIpc) is 3.04. The van der Waals surface area contributed by atoms with Gasteiger partial charge in [-0.1, -0.05) is 6.07 Å². The minimum Gasteiger partial charge on any atom is -0.310 e. The topological polar surface area (TPSA) is 28.2 Å². The maximum Gasteiger partial charge on any atom is 0.0544 e. The Kier molecular flexibility index (Phi) is 3.04. The normalized spacial score (nSPS) is 30.1. The highest BCUT2D eigenvalue weighted by Crippen LogP contribution is 2.37. The highest BCUT2D eigenvalue weighted by molar-refractivity contribution is 5.15. The van der Waals surface area contributed by atoms with Crippen molar-refractivity contribution in [1.82, 2.24) is 15.2 Å². The SMILES string of the molecule is c1cc(CN2CC3CCC2C3)ncc1CNC1CC1. The predicted octanol–water partition coefficient (Wildman–Crippen LogP) is 2.32. The number of nitrogens with zero attached hydrogens (tertiary/aromatic N) is 2. The zero-order chi connectivity index (χ0) is 12.7. The van der Waals surface area contributed by atoms with Crippen molar-refractivity contribution in [3.05, 3.63) is 29.6 Å². The molecule has 1 aromatic rings. The summed E-state index contributed by atoms with van der Waals surface area (Å²) >= 11 is 0. The van der Waals surface area contributed by atoms with Gasteiger partial charge in [0, 0.05) is 37.9 Å². The molecule has 3 nitrogen and oxygen atoms in total. The van der Waals surface area contributed by atoms with Gasteiger partial charge in [-0.05, 0) is 49.7 Å². The van der Waals surface area contributed by atoms with Crippen molar-refractivity contribution < 1.29 is 0 Å². The molecular formula is C16H23N3. The predicted molar refractivity (Wildman–Crippen MR) is 75.6 cm³/mol. The van der Waals surface area contributed by atoms with Gasteiger partial charge in [-0.3, -0.25) is 9.88 Å². The quantitative estimate of drug-likeness (QED) is 0.877. The van der Waals surface area contributed by atoms with Gasteiger partial charge in [-0.15, -0.1) is 0 Å². The Morgan fingerprint density at radius 1 is 1.21 bits per heavy atom. The number of fused-ring (bicyclic) bond motifs is 2. The van der Waals surface area contributed by atoms with Crippen LogP contribution in [0.4, 0.5) is 0 Å². The first-order valence-electron chi connectivity index (χ1n) is 7.78. The molecule has 2 saturated carbocycles. The molecule has 1 aliphatic heterocycles. The average molecular weight is 257 g/mol. The van der Waals surface area contributed by atoms with Crippen LogP contribution in [0.25, 0.3) is 0 Å². The molecule has 3 fully saturated rings. The monoisotopic (exact) mass is 257 g/mol. The van der Waals surface area contributed by atoms with Crippen LogP contribution < -0.4 is 5.32 Å². The number of pyridine rings is 1. The Balaban J connectivity index is 1.33. The number of hydrogen-bond donors (Lipinski definition) is 1. The second-order valence-corrected chi connectivity index (χ2v) is 6.58. The first-order valence-corrected chi connectivity index (χ1v) is 7.78. The highest BCUT2D eigenvalue weighted by atomic mass is 15.2. The summed E-state index contributed by atoms with van der Waals surface area (Å²) in [5.41, 5.74) is 2.56. The standard InChI is InChI=1S/C16H23N3/c1-3-15(11-19-10-12-2-6-16(19)7-12)18-9-13(1)8-17-14-4-5-14/h1,3,9,12,14,16-17H,2,4-8,10-11H2. The molecule has 102 valence electrons. The summed E-state index contributed by atoms with van der Waals surface area (Å²) in [5.74, 6) is 0.979. The molecular weight excluding hydrogens is 234 g/mol. The third-order valence-corrected chi connectivity index (χ3v) is 4.95. The van der Waals surface area contributed by atoms with E-state index in [-0.39, 0.29) is 0 Å². The molecule has 3 heteroatoms. The fourth-order valence-corrected chi connectivity index (χ4v) is 3.63. The Morgan fingerprint density at radius 3 is 2.79 bits per heavy atom. The minimum atomic E-state index is 0.778. The van der Waals surface area contributed by atoms with Gasteiger partial charge in [0.05, 0.1) is 5.69 Å². The summed E-state index contributed by atoms with van der Waals surface area (Å²) < 4.78 is 0. The molecule has 3 aliphatic rings. The van der Waals surface area contributed by atoms with Crippen LogP contribution in [0.15, 0.2) is 18.3 Å². The zero-order valence-electron chi connectivity index (χ0n) is 11.5. The maximum absolute atomic E-state index is 4.64. The lowest BCUT2D eigenvalue weighted by molar-refractivity contribution is 0.203. The van der Waals surface area contributed by atoms with Crippen molar-refractivity contribution in [1.29, 1.82) is 0 Å². The van der Waals surface area contributed by atoms with Crippen LogP contribution in [0.3, 0.4) is 0 Å². The van der Waals surface area contributed by atoms with Crippen molar-refractivity contribution in [2.24, 2.45) is 5.92 Å². The minimum absolute atomic E-state index is 0.778. The summed E-state index contributed by atoms with van der Waals surface area (Å²) in [5, 5.41) is 3.54. The molecule has 0 spiro atoms. The lowest BCUT2D eigenvalue weighted by atomic mass is 10.1. The highest BCUT2D eigenvalue weighted by Gasteiger charge is 2.37. The Bertz CT molecular complexity index is 438.